The Morgan fingerprint density at radius 2 is 2.09 bits per heavy atom. The largest absolute Gasteiger partial charge is 0.339 e. The molecule has 0 aliphatic carbocycles. The Labute approximate surface area is 204 Å². The van der Waals surface area contributed by atoms with Gasteiger partial charge in [0.1, 0.15) is 11.5 Å². The van der Waals surface area contributed by atoms with E-state index in [4.69, 9.17) is 4.52 Å². The molecule has 0 spiro atoms. The van der Waals surface area contributed by atoms with Crippen LogP contribution in [-0.4, -0.2) is 54.9 Å². The number of aromatic nitrogens is 5. The van der Waals surface area contributed by atoms with Crippen LogP contribution in [0, 0.1) is 0 Å². The second-order valence-corrected chi connectivity index (χ2v) is 8.67. The van der Waals surface area contributed by atoms with Gasteiger partial charge in [-0.2, -0.15) is 4.98 Å². The molecule has 1 N–H and O–H groups in total. The van der Waals surface area contributed by atoms with Crippen molar-refractivity contribution in [2.24, 2.45) is 0 Å². The number of piperidine rings is 1. The molecule has 5 rings (SSSR count). The van der Waals surface area contributed by atoms with E-state index in [-0.39, 0.29) is 23.4 Å². The molecule has 0 saturated carbocycles. The van der Waals surface area contributed by atoms with Crippen LogP contribution in [0.1, 0.15) is 35.1 Å². The molecule has 35 heavy (non-hydrogen) atoms. The molecule has 5 heterocycles. The molecular formula is C24H21N7O3S. The van der Waals surface area contributed by atoms with Crippen LogP contribution in [0.15, 0.2) is 64.6 Å². The van der Waals surface area contributed by atoms with Crippen LogP contribution < -0.4 is 5.32 Å². The highest BCUT2D eigenvalue weighted by Crippen LogP contribution is 2.28. The van der Waals surface area contributed by atoms with Crippen molar-refractivity contribution < 1.29 is 14.1 Å². The Kier molecular flexibility index (Phi) is 6.40. The number of likely N-dealkylation sites (tertiary alicyclic amines) is 1. The summed E-state index contributed by atoms with van der Waals surface area (Å²) >= 11 is 1.46. The molecule has 0 radical (unpaired) electrons. The fraction of sp³-hybridized carbons (Fsp3) is 0.208. The van der Waals surface area contributed by atoms with Crippen molar-refractivity contribution in [2.45, 2.75) is 18.8 Å². The maximum absolute atomic E-state index is 12.7. The van der Waals surface area contributed by atoms with Crippen molar-refractivity contribution in [1.29, 1.82) is 0 Å². The average Bonchev–Trinajstić information content (AvgIpc) is 3.62. The molecule has 0 bridgehead atoms. The van der Waals surface area contributed by atoms with Gasteiger partial charge in [-0.15, -0.1) is 11.3 Å². The minimum atomic E-state index is -0.375. The number of amides is 2. The predicted molar refractivity (Wildman–Crippen MR) is 130 cm³/mol. The number of hydrogen-bond donors (Lipinski definition) is 1. The monoisotopic (exact) mass is 487 g/mol. The van der Waals surface area contributed by atoms with Crippen LogP contribution in [0.3, 0.4) is 0 Å². The molecule has 2 amide bonds. The van der Waals surface area contributed by atoms with Gasteiger partial charge in [-0.05, 0) is 43.2 Å². The lowest BCUT2D eigenvalue weighted by molar-refractivity contribution is -0.127. The zero-order valence-electron chi connectivity index (χ0n) is 18.6. The van der Waals surface area contributed by atoms with Gasteiger partial charge in [0.25, 0.3) is 5.91 Å². The lowest BCUT2D eigenvalue weighted by Gasteiger charge is -2.30. The van der Waals surface area contributed by atoms with Crippen molar-refractivity contribution in [2.75, 3.05) is 18.4 Å². The summed E-state index contributed by atoms with van der Waals surface area (Å²) in [5, 5.41) is 8.69. The smallest absolute Gasteiger partial charge is 0.275 e. The number of carbonyl (C=O) groups is 2. The third-order valence-electron chi connectivity index (χ3n) is 5.64. The fourth-order valence-corrected chi connectivity index (χ4v) is 4.40. The van der Waals surface area contributed by atoms with Crippen LogP contribution >= 0.6 is 11.3 Å². The third kappa shape index (κ3) is 4.99. The molecule has 4 aromatic rings. The summed E-state index contributed by atoms with van der Waals surface area (Å²) in [4.78, 5) is 43.8. The quantitative estimate of drug-likeness (QED) is 0.407. The molecule has 1 saturated heterocycles. The summed E-state index contributed by atoms with van der Waals surface area (Å²) in [5.41, 5.74) is 3.98. The molecule has 1 aliphatic rings. The summed E-state index contributed by atoms with van der Waals surface area (Å²) in [6.07, 6.45) is 4.61. The van der Waals surface area contributed by atoms with Crippen LogP contribution in [-0.2, 0) is 4.79 Å². The summed E-state index contributed by atoms with van der Waals surface area (Å²) < 4.78 is 5.48. The van der Waals surface area contributed by atoms with Crippen LogP contribution in [0.25, 0.3) is 22.8 Å². The van der Waals surface area contributed by atoms with Crippen molar-refractivity contribution in [1.82, 2.24) is 30.0 Å². The van der Waals surface area contributed by atoms with Gasteiger partial charge in [0.15, 0.2) is 0 Å². The second kappa shape index (κ2) is 9.94. The summed E-state index contributed by atoms with van der Waals surface area (Å²) in [7, 11) is 0. The topological polar surface area (TPSA) is 127 Å². The van der Waals surface area contributed by atoms with E-state index in [2.05, 4.69) is 37.0 Å². The second-order valence-electron chi connectivity index (χ2n) is 7.95. The molecule has 4 aromatic heterocycles. The molecule has 176 valence electrons. The van der Waals surface area contributed by atoms with E-state index in [9.17, 15) is 9.59 Å². The highest BCUT2D eigenvalue weighted by atomic mass is 32.1. The summed E-state index contributed by atoms with van der Waals surface area (Å²) in [6.45, 7) is 4.77. The van der Waals surface area contributed by atoms with Crippen LogP contribution in [0.2, 0.25) is 0 Å². The van der Waals surface area contributed by atoms with Gasteiger partial charge in [-0.1, -0.05) is 17.8 Å². The highest BCUT2D eigenvalue weighted by Gasteiger charge is 2.28. The first kappa shape index (κ1) is 22.5. The van der Waals surface area contributed by atoms with Gasteiger partial charge in [0, 0.05) is 30.2 Å². The number of rotatable bonds is 6. The molecule has 0 aromatic carbocycles. The minimum absolute atomic E-state index is 0.0204. The number of nitrogens with one attached hydrogen (secondary N) is 1. The van der Waals surface area contributed by atoms with Crippen molar-refractivity contribution in [3.63, 3.8) is 0 Å². The Bertz CT molecular complexity index is 1350. The van der Waals surface area contributed by atoms with Gasteiger partial charge in [-0.3, -0.25) is 9.59 Å². The Morgan fingerprint density at radius 3 is 2.86 bits per heavy atom. The number of thiazole rings is 1. The first-order chi connectivity index (χ1) is 17.1. The fourth-order valence-electron chi connectivity index (χ4n) is 3.85. The molecular weight excluding hydrogens is 466 g/mol. The third-order valence-corrected chi connectivity index (χ3v) is 6.22. The molecule has 10 nitrogen and oxygen atoms in total. The average molecular weight is 488 g/mol. The van der Waals surface area contributed by atoms with Crippen LogP contribution in [0.5, 0.6) is 0 Å². The maximum atomic E-state index is 12.7. The number of hydrogen-bond acceptors (Lipinski definition) is 9. The predicted octanol–water partition coefficient (Wildman–Crippen LogP) is 3.79. The molecule has 1 atom stereocenters. The van der Waals surface area contributed by atoms with Gasteiger partial charge in [0.05, 0.1) is 22.8 Å². The van der Waals surface area contributed by atoms with Crippen LogP contribution in [0.4, 0.5) is 5.82 Å². The van der Waals surface area contributed by atoms with E-state index in [1.165, 1.54) is 17.4 Å². The lowest BCUT2D eigenvalue weighted by Crippen LogP contribution is -2.38. The van der Waals surface area contributed by atoms with E-state index in [0.717, 1.165) is 18.5 Å². The number of nitrogens with zero attached hydrogens (tertiary/aromatic N) is 6. The molecule has 1 fully saturated rings. The summed E-state index contributed by atoms with van der Waals surface area (Å²) in [6, 6.07) is 8.62. The van der Waals surface area contributed by atoms with Gasteiger partial charge in [0.2, 0.25) is 17.6 Å². The molecule has 0 unspecified atom stereocenters. The van der Waals surface area contributed by atoms with E-state index in [1.54, 1.807) is 46.9 Å². The highest BCUT2D eigenvalue weighted by molar-refractivity contribution is 7.07. The Hall–Kier alpha value is -4.25. The lowest BCUT2D eigenvalue weighted by atomic mass is 9.98. The molecule has 1 aliphatic heterocycles. The van der Waals surface area contributed by atoms with Crippen molar-refractivity contribution >= 4 is 29.0 Å². The number of carbonyl (C=O) groups excluding carboxylic acids is 2. The van der Waals surface area contributed by atoms with Gasteiger partial charge in [-0.25, -0.2) is 15.0 Å². The Morgan fingerprint density at radius 1 is 1.17 bits per heavy atom. The zero-order valence-corrected chi connectivity index (χ0v) is 19.4. The van der Waals surface area contributed by atoms with E-state index in [0.29, 0.717) is 41.9 Å². The Balaban J connectivity index is 1.25. The summed E-state index contributed by atoms with van der Waals surface area (Å²) in [5.74, 6) is 0.767. The minimum Gasteiger partial charge on any atom is -0.339 e. The van der Waals surface area contributed by atoms with Gasteiger partial charge >= 0.3 is 0 Å². The van der Waals surface area contributed by atoms with Crippen molar-refractivity contribution in [3.05, 3.63) is 71.7 Å². The maximum Gasteiger partial charge on any atom is 0.275 e. The van der Waals surface area contributed by atoms with E-state index >= 15 is 0 Å². The van der Waals surface area contributed by atoms with Crippen molar-refractivity contribution in [3.8, 4) is 22.8 Å². The zero-order chi connectivity index (χ0) is 24.2. The first-order valence-electron chi connectivity index (χ1n) is 11.0. The van der Waals surface area contributed by atoms with E-state index in [1.807, 2.05) is 5.38 Å². The first-order valence-corrected chi connectivity index (χ1v) is 11.9. The molecule has 11 heteroatoms. The number of anilines is 1. The standard InChI is InChI=1S/C24H21N7O3S/c1-2-21(32)31-10-4-5-16(12-31)24-29-22(30-34-24)15-8-9-20(25-11-15)28-23(33)18-7-3-6-17(27-18)19-13-35-14-26-19/h2-3,6-9,11,13-14,16H,1,4-5,10,12H2,(H,25,28,33)/t16-/m0/s1. The number of pyridine rings is 2. The normalized spacial score (nSPS) is 15.5. The van der Waals surface area contributed by atoms with E-state index < -0.39 is 0 Å². The SMILES string of the molecule is C=CC(=O)N1CCC[C@H](c2nc(-c3ccc(NC(=O)c4cccc(-c5cscn5)n4)nc3)no2)C1. The van der Waals surface area contributed by atoms with Gasteiger partial charge < -0.3 is 14.7 Å².